The highest BCUT2D eigenvalue weighted by molar-refractivity contribution is 5.79. The van der Waals surface area contributed by atoms with Crippen LogP contribution in [-0.4, -0.2) is 47.2 Å². The fourth-order valence-corrected chi connectivity index (χ4v) is 4.27. The number of nitrogens with one attached hydrogen (secondary N) is 1. The minimum Gasteiger partial charge on any atom is -0.394 e. The van der Waals surface area contributed by atoms with Crippen LogP contribution >= 0.6 is 0 Å². The monoisotopic (exact) mass is 277 g/mol. The molecule has 1 amide bonds. The minimum atomic E-state index is -0.256. The third-order valence-corrected chi connectivity index (χ3v) is 5.48. The lowest BCUT2D eigenvalue weighted by Crippen LogP contribution is -2.66. The van der Waals surface area contributed by atoms with Crippen molar-refractivity contribution in [2.24, 2.45) is 5.41 Å². The molecule has 2 saturated carbocycles. The van der Waals surface area contributed by atoms with E-state index in [0.717, 1.165) is 25.7 Å². The smallest absolute Gasteiger partial charge is 0.237 e. The fraction of sp³-hybridized carbons (Fsp3) is 0.867. The normalized spacial score (nSPS) is 29.6. The molecule has 5 nitrogen and oxygen atoms in total. The third kappa shape index (κ3) is 2.21. The van der Waals surface area contributed by atoms with Crippen molar-refractivity contribution >= 4 is 5.91 Å². The number of hydrogen-bond donors (Lipinski definition) is 2. The van der Waals surface area contributed by atoms with Crippen molar-refractivity contribution in [3.05, 3.63) is 0 Å². The second kappa shape index (κ2) is 5.01. The molecular formula is C15H23N3O2. The number of hydrogen-bond acceptors (Lipinski definition) is 4. The maximum absolute atomic E-state index is 12.2. The van der Waals surface area contributed by atoms with Gasteiger partial charge < -0.3 is 15.3 Å². The molecule has 1 aliphatic heterocycles. The van der Waals surface area contributed by atoms with Gasteiger partial charge in [0.15, 0.2) is 0 Å². The third-order valence-electron chi connectivity index (χ3n) is 5.48. The molecule has 110 valence electrons. The summed E-state index contributed by atoms with van der Waals surface area (Å²) in [6, 6.07) is 1.94. The lowest BCUT2D eigenvalue weighted by Gasteiger charge is -2.61. The van der Waals surface area contributed by atoms with Gasteiger partial charge in [-0.15, -0.1) is 0 Å². The maximum Gasteiger partial charge on any atom is 0.237 e. The molecule has 1 heterocycles. The summed E-state index contributed by atoms with van der Waals surface area (Å²) in [5, 5.41) is 21.9. The summed E-state index contributed by atoms with van der Waals surface area (Å²) in [6.07, 6.45) is 7.53. The number of rotatable bonds is 4. The Morgan fingerprint density at radius 2 is 2.15 bits per heavy atom. The summed E-state index contributed by atoms with van der Waals surface area (Å²) < 4.78 is 0. The highest BCUT2D eigenvalue weighted by atomic mass is 16.3. The molecule has 5 heteroatoms. The summed E-state index contributed by atoms with van der Waals surface area (Å²) in [7, 11) is 0. The van der Waals surface area contributed by atoms with Gasteiger partial charge in [0.05, 0.1) is 19.2 Å². The molecule has 0 unspecified atom stereocenters. The minimum absolute atomic E-state index is 0.00330. The fourth-order valence-electron chi connectivity index (χ4n) is 4.27. The number of nitriles is 1. The van der Waals surface area contributed by atoms with Crippen LogP contribution in [0.3, 0.4) is 0 Å². The first kappa shape index (κ1) is 13.8. The van der Waals surface area contributed by atoms with E-state index in [1.54, 1.807) is 4.90 Å². The number of carbonyl (C=O) groups is 1. The Balaban J connectivity index is 1.51. The first-order chi connectivity index (χ1) is 9.62. The summed E-state index contributed by atoms with van der Waals surface area (Å²) >= 11 is 0. The van der Waals surface area contributed by atoms with Crippen LogP contribution in [0.15, 0.2) is 0 Å². The molecule has 0 radical (unpaired) electrons. The number of nitrogens with zero attached hydrogens (tertiary/aromatic N) is 2. The van der Waals surface area contributed by atoms with E-state index in [0.29, 0.717) is 12.0 Å². The predicted molar refractivity (Wildman–Crippen MR) is 73.7 cm³/mol. The Kier molecular flexibility index (Phi) is 3.47. The molecule has 0 aromatic heterocycles. The second-order valence-electron chi connectivity index (χ2n) is 6.87. The SMILES string of the molecule is N#C[C@@H]1CCCN1C(=O)CNC1(CO)CC2(CCC2)C1. The van der Waals surface area contributed by atoms with Gasteiger partial charge in [-0.3, -0.25) is 4.79 Å². The highest BCUT2D eigenvalue weighted by Crippen LogP contribution is 2.60. The van der Waals surface area contributed by atoms with E-state index in [-0.39, 0.29) is 30.6 Å². The van der Waals surface area contributed by atoms with E-state index in [1.165, 1.54) is 19.3 Å². The molecule has 3 fully saturated rings. The molecule has 2 aliphatic carbocycles. The Morgan fingerprint density at radius 1 is 1.40 bits per heavy atom. The summed E-state index contributed by atoms with van der Waals surface area (Å²) in [4.78, 5) is 13.9. The molecule has 0 aromatic carbocycles. The molecular weight excluding hydrogens is 254 g/mol. The van der Waals surface area contributed by atoms with Crippen molar-refractivity contribution < 1.29 is 9.90 Å². The highest BCUT2D eigenvalue weighted by Gasteiger charge is 2.56. The zero-order chi connectivity index (χ0) is 14.2. The number of amides is 1. The van der Waals surface area contributed by atoms with Crippen molar-refractivity contribution in [3.8, 4) is 6.07 Å². The zero-order valence-electron chi connectivity index (χ0n) is 11.9. The van der Waals surface area contributed by atoms with Gasteiger partial charge in [0, 0.05) is 12.1 Å². The van der Waals surface area contributed by atoms with Crippen molar-refractivity contribution in [1.29, 1.82) is 5.26 Å². The number of likely N-dealkylation sites (tertiary alicyclic amines) is 1. The Labute approximate surface area is 119 Å². The van der Waals surface area contributed by atoms with Crippen molar-refractivity contribution in [1.82, 2.24) is 10.2 Å². The molecule has 20 heavy (non-hydrogen) atoms. The zero-order valence-corrected chi connectivity index (χ0v) is 11.9. The molecule has 1 saturated heterocycles. The Morgan fingerprint density at radius 3 is 2.70 bits per heavy atom. The van der Waals surface area contributed by atoms with Gasteiger partial charge in [-0.2, -0.15) is 5.26 Å². The van der Waals surface area contributed by atoms with Gasteiger partial charge in [0.2, 0.25) is 5.91 Å². The molecule has 1 atom stereocenters. The number of carbonyl (C=O) groups excluding carboxylic acids is 1. The van der Waals surface area contributed by atoms with Crippen LogP contribution in [0, 0.1) is 16.7 Å². The van der Waals surface area contributed by atoms with Gasteiger partial charge in [0.1, 0.15) is 6.04 Å². The van der Waals surface area contributed by atoms with Gasteiger partial charge >= 0.3 is 0 Å². The quantitative estimate of drug-likeness (QED) is 0.796. The van der Waals surface area contributed by atoms with Crippen LogP contribution in [0.2, 0.25) is 0 Å². The van der Waals surface area contributed by atoms with E-state index in [9.17, 15) is 9.90 Å². The second-order valence-corrected chi connectivity index (χ2v) is 6.87. The first-order valence-corrected chi connectivity index (χ1v) is 7.67. The summed E-state index contributed by atoms with van der Waals surface area (Å²) in [6.45, 7) is 1.04. The average Bonchev–Trinajstić information content (AvgIpc) is 2.84. The molecule has 1 spiro atoms. The van der Waals surface area contributed by atoms with Gasteiger partial charge in [-0.25, -0.2) is 0 Å². The molecule has 3 rings (SSSR count). The Bertz CT molecular complexity index is 431. The van der Waals surface area contributed by atoms with Gasteiger partial charge in [-0.1, -0.05) is 6.42 Å². The standard InChI is InChI=1S/C15H23N3O2/c16-7-12-3-1-6-18(12)13(20)8-17-15(11-19)9-14(10-15)4-2-5-14/h12,17,19H,1-6,8-11H2/t12-/m0/s1. The van der Waals surface area contributed by atoms with Crippen LogP contribution in [0.4, 0.5) is 0 Å². The topological polar surface area (TPSA) is 76.4 Å². The molecule has 0 aromatic rings. The lowest BCUT2D eigenvalue weighted by atomic mass is 9.48. The number of aliphatic hydroxyl groups excluding tert-OH is 1. The van der Waals surface area contributed by atoms with Crippen LogP contribution in [0.25, 0.3) is 0 Å². The van der Waals surface area contributed by atoms with E-state index < -0.39 is 0 Å². The van der Waals surface area contributed by atoms with Crippen LogP contribution in [0.5, 0.6) is 0 Å². The first-order valence-electron chi connectivity index (χ1n) is 7.67. The lowest BCUT2D eigenvalue weighted by molar-refractivity contribution is -0.133. The van der Waals surface area contributed by atoms with Crippen molar-refractivity contribution in [2.45, 2.75) is 56.5 Å². The average molecular weight is 277 g/mol. The van der Waals surface area contributed by atoms with Gasteiger partial charge in [-0.05, 0) is 43.9 Å². The van der Waals surface area contributed by atoms with Gasteiger partial charge in [0.25, 0.3) is 0 Å². The largest absolute Gasteiger partial charge is 0.394 e. The molecule has 0 bridgehead atoms. The van der Waals surface area contributed by atoms with Crippen LogP contribution in [-0.2, 0) is 4.79 Å². The summed E-state index contributed by atoms with van der Waals surface area (Å²) in [5.74, 6) is -0.00330. The van der Waals surface area contributed by atoms with E-state index in [1.807, 2.05) is 0 Å². The van der Waals surface area contributed by atoms with Crippen molar-refractivity contribution in [2.75, 3.05) is 19.7 Å². The van der Waals surface area contributed by atoms with Crippen LogP contribution < -0.4 is 5.32 Å². The predicted octanol–water partition coefficient (Wildman–Crippen LogP) is 0.786. The molecule has 2 N–H and O–H groups in total. The Hall–Kier alpha value is -1.12. The van der Waals surface area contributed by atoms with E-state index in [2.05, 4.69) is 11.4 Å². The van der Waals surface area contributed by atoms with E-state index >= 15 is 0 Å². The van der Waals surface area contributed by atoms with E-state index in [4.69, 9.17) is 5.26 Å². The number of aliphatic hydroxyl groups is 1. The maximum atomic E-state index is 12.2. The van der Waals surface area contributed by atoms with Crippen molar-refractivity contribution in [3.63, 3.8) is 0 Å². The summed E-state index contributed by atoms with van der Waals surface area (Å²) in [5.41, 5.74) is 0.208. The van der Waals surface area contributed by atoms with Crippen LogP contribution in [0.1, 0.15) is 44.9 Å². The molecule has 3 aliphatic rings.